The average molecular weight is 448 g/mol. The molecule has 162 valence electrons. The summed E-state index contributed by atoms with van der Waals surface area (Å²) in [5.74, 6) is -0.386. The summed E-state index contributed by atoms with van der Waals surface area (Å²) in [4.78, 5) is 39.2. The molecule has 0 saturated heterocycles. The van der Waals surface area contributed by atoms with Crippen LogP contribution in [-0.4, -0.2) is 15.0 Å². The van der Waals surface area contributed by atoms with Crippen LogP contribution in [0.2, 0.25) is 5.02 Å². The van der Waals surface area contributed by atoms with Crippen molar-refractivity contribution in [2.24, 2.45) is 0 Å². The van der Waals surface area contributed by atoms with E-state index in [9.17, 15) is 14.4 Å². The summed E-state index contributed by atoms with van der Waals surface area (Å²) in [6, 6.07) is 19.7. The van der Waals surface area contributed by atoms with Crippen LogP contribution in [0.4, 0.5) is 5.69 Å². The number of hydrogen-bond acceptors (Lipinski definition) is 3. The van der Waals surface area contributed by atoms with Gasteiger partial charge in [0.05, 0.1) is 17.4 Å². The summed E-state index contributed by atoms with van der Waals surface area (Å²) in [6.45, 7) is 3.66. The first kappa shape index (κ1) is 21.6. The summed E-state index contributed by atoms with van der Waals surface area (Å²) in [7, 11) is 0. The number of aromatic nitrogens is 2. The van der Waals surface area contributed by atoms with Gasteiger partial charge >= 0.3 is 5.69 Å². The van der Waals surface area contributed by atoms with E-state index < -0.39 is 5.69 Å². The second-order valence-electron chi connectivity index (χ2n) is 7.72. The topological polar surface area (TPSA) is 73.1 Å². The summed E-state index contributed by atoms with van der Waals surface area (Å²) in [6.07, 6.45) is 0. The zero-order chi connectivity index (χ0) is 22.8. The van der Waals surface area contributed by atoms with Crippen molar-refractivity contribution in [1.82, 2.24) is 9.13 Å². The molecule has 32 heavy (non-hydrogen) atoms. The van der Waals surface area contributed by atoms with Crippen LogP contribution in [-0.2, 0) is 17.9 Å². The van der Waals surface area contributed by atoms with Gasteiger partial charge in [-0.2, -0.15) is 0 Å². The quantitative estimate of drug-likeness (QED) is 0.500. The monoisotopic (exact) mass is 447 g/mol. The van der Waals surface area contributed by atoms with Crippen LogP contribution >= 0.6 is 11.6 Å². The molecular weight excluding hydrogens is 426 g/mol. The number of para-hydroxylation sites is 1. The summed E-state index contributed by atoms with van der Waals surface area (Å²) >= 11 is 6.14. The molecule has 0 fully saturated rings. The highest BCUT2D eigenvalue weighted by molar-refractivity contribution is 6.31. The van der Waals surface area contributed by atoms with Crippen LogP contribution in [0, 0.1) is 13.8 Å². The van der Waals surface area contributed by atoms with Gasteiger partial charge < -0.3 is 5.32 Å². The van der Waals surface area contributed by atoms with Gasteiger partial charge in [0.25, 0.3) is 5.56 Å². The number of halogens is 1. The number of amides is 1. The lowest BCUT2D eigenvalue weighted by molar-refractivity contribution is -0.116. The maximum atomic E-state index is 13.3. The summed E-state index contributed by atoms with van der Waals surface area (Å²) in [5.41, 5.74) is 2.74. The molecule has 4 aromatic rings. The van der Waals surface area contributed by atoms with Gasteiger partial charge in [0.15, 0.2) is 0 Å². The predicted molar refractivity (Wildman–Crippen MR) is 128 cm³/mol. The molecule has 1 heterocycles. The molecule has 1 N–H and O–H groups in total. The Morgan fingerprint density at radius 1 is 0.906 bits per heavy atom. The van der Waals surface area contributed by atoms with E-state index >= 15 is 0 Å². The third-order valence-electron chi connectivity index (χ3n) is 5.44. The van der Waals surface area contributed by atoms with Crippen LogP contribution < -0.4 is 16.6 Å². The molecule has 0 aliphatic heterocycles. The molecular formula is C25H22ClN3O3. The largest absolute Gasteiger partial charge is 0.332 e. The van der Waals surface area contributed by atoms with Crippen molar-refractivity contribution in [1.29, 1.82) is 0 Å². The number of nitrogens with one attached hydrogen (secondary N) is 1. The first-order valence-electron chi connectivity index (χ1n) is 10.2. The van der Waals surface area contributed by atoms with Crippen molar-refractivity contribution in [2.45, 2.75) is 26.9 Å². The molecule has 0 spiro atoms. The van der Waals surface area contributed by atoms with Crippen LogP contribution in [0.5, 0.6) is 0 Å². The molecule has 1 aromatic heterocycles. The van der Waals surface area contributed by atoms with Crippen molar-refractivity contribution in [3.8, 4) is 0 Å². The zero-order valence-electron chi connectivity index (χ0n) is 17.8. The minimum atomic E-state index is -0.535. The van der Waals surface area contributed by atoms with Crippen molar-refractivity contribution < 1.29 is 4.79 Å². The molecule has 6 nitrogen and oxygen atoms in total. The zero-order valence-corrected chi connectivity index (χ0v) is 18.5. The van der Waals surface area contributed by atoms with Gasteiger partial charge in [0.1, 0.15) is 6.54 Å². The first-order valence-corrected chi connectivity index (χ1v) is 10.6. The van der Waals surface area contributed by atoms with Gasteiger partial charge in [-0.25, -0.2) is 4.79 Å². The fraction of sp³-hybridized carbons (Fsp3) is 0.160. The van der Waals surface area contributed by atoms with E-state index in [0.717, 1.165) is 16.7 Å². The maximum Gasteiger partial charge on any atom is 0.332 e. The SMILES string of the molecule is Cc1ccc(Cn2c(=O)c3ccccc3n(CC(=O)Nc3cccc(Cl)c3C)c2=O)cc1. The molecule has 3 aromatic carbocycles. The molecule has 0 aliphatic carbocycles. The van der Waals surface area contributed by atoms with E-state index in [1.807, 2.05) is 31.2 Å². The van der Waals surface area contributed by atoms with Crippen molar-refractivity contribution in [3.05, 3.63) is 109 Å². The minimum absolute atomic E-state index is 0.123. The molecule has 0 saturated carbocycles. The fourth-order valence-electron chi connectivity index (χ4n) is 3.62. The fourth-order valence-corrected chi connectivity index (χ4v) is 3.79. The standard InChI is InChI=1S/C25H22ClN3O3/c1-16-10-12-18(13-11-16)14-29-24(31)19-6-3-4-9-22(19)28(25(29)32)15-23(30)27-21-8-5-7-20(26)17(21)2/h3-13H,14-15H2,1-2H3,(H,27,30). The predicted octanol–water partition coefficient (Wildman–Crippen LogP) is 4.12. The second kappa shape index (κ2) is 8.85. The Kier molecular flexibility index (Phi) is 5.97. The van der Waals surface area contributed by atoms with Gasteiger partial charge in [-0.1, -0.05) is 59.6 Å². The second-order valence-corrected chi connectivity index (χ2v) is 8.13. The van der Waals surface area contributed by atoms with Crippen LogP contribution in [0.15, 0.2) is 76.3 Å². The molecule has 0 unspecified atom stereocenters. The number of rotatable bonds is 5. The third kappa shape index (κ3) is 4.22. The van der Waals surface area contributed by atoms with Gasteiger partial charge in [0.2, 0.25) is 5.91 Å². The van der Waals surface area contributed by atoms with E-state index in [-0.39, 0.29) is 24.6 Å². The minimum Gasteiger partial charge on any atom is -0.324 e. The van der Waals surface area contributed by atoms with Crippen molar-refractivity contribution >= 4 is 34.1 Å². The lowest BCUT2D eigenvalue weighted by atomic mass is 10.1. The Hall–Kier alpha value is -3.64. The van der Waals surface area contributed by atoms with Crippen molar-refractivity contribution in [3.63, 3.8) is 0 Å². The van der Waals surface area contributed by atoms with Gasteiger partial charge in [0, 0.05) is 10.7 Å². The van der Waals surface area contributed by atoms with E-state index in [1.54, 1.807) is 49.4 Å². The van der Waals surface area contributed by atoms with E-state index in [1.165, 1.54) is 9.13 Å². The van der Waals surface area contributed by atoms with Crippen molar-refractivity contribution in [2.75, 3.05) is 5.32 Å². The molecule has 7 heteroatoms. The highest BCUT2D eigenvalue weighted by atomic mass is 35.5. The number of benzene rings is 3. The van der Waals surface area contributed by atoms with E-state index in [4.69, 9.17) is 11.6 Å². The Balaban J connectivity index is 1.75. The highest BCUT2D eigenvalue weighted by Gasteiger charge is 2.16. The maximum absolute atomic E-state index is 13.3. The Morgan fingerprint density at radius 2 is 1.62 bits per heavy atom. The molecule has 4 rings (SSSR count). The van der Waals surface area contributed by atoms with E-state index in [0.29, 0.717) is 21.6 Å². The van der Waals surface area contributed by atoms with Crippen LogP contribution in [0.25, 0.3) is 10.9 Å². The molecule has 1 amide bonds. The number of fused-ring (bicyclic) bond motifs is 1. The Bertz CT molecular complexity index is 1440. The molecule has 0 radical (unpaired) electrons. The molecule has 0 aliphatic rings. The number of aryl methyl sites for hydroxylation is 1. The average Bonchev–Trinajstić information content (AvgIpc) is 2.78. The van der Waals surface area contributed by atoms with Crippen LogP contribution in [0.1, 0.15) is 16.7 Å². The Labute approximate surface area is 189 Å². The first-order chi connectivity index (χ1) is 15.3. The normalized spacial score (nSPS) is 11.0. The number of carbonyl (C=O) groups excluding carboxylic acids is 1. The van der Waals surface area contributed by atoms with Gasteiger partial charge in [-0.3, -0.25) is 18.7 Å². The number of carbonyl (C=O) groups is 1. The van der Waals surface area contributed by atoms with Gasteiger partial charge in [-0.15, -0.1) is 0 Å². The smallest absolute Gasteiger partial charge is 0.324 e. The lowest BCUT2D eigenvalue weighted by Gasteiger charge is -2.15. The summed E-state index contributed by atoms with van der Waals surface area (Å²) in [5, 5.41) is 3.73. The van der Waals surface area contributed by atoms with Crippen LogP contribution in [0.3, 0.4) is 0 Å². The summed E-state index contributed by atoms with van der Waals surface area (Å²) < 4.78 is 2.51. The highest BCUT2D eigenvalue weighted by Crippen LogP contribution is 2.23. The number of nitrogens with zero attached hydrogens (tertiary/aromatic N) is 2. The molecule has 0 atom stereocenters. The van der Waals surface area contributed by atoms with Gasteiger partial charge in [-0.05, 0) is 49.2 Å². The lowest BCUT2D eigenvalue weighted by Crippen LogP contribution is -2.42. The number of anilines is 1. The Morgan fingerprint density at radius 3 is 2.38 bits per heavy atom. The molecule has 0 bridgehead atoms. The van der Waals surface area contributed by atoms with E-state index in [2.05, 4.69) is 5.32 Å². The third-order valence-corrected chi connectivity index (χ3v) is 5.85. The number of hydrogen-bond donors (Lipinski definition) is 1.